The molecule has 0 atom stereocenters. The van der Waals surface area contributed by atoms with Crippen molar-refractivity contribution in [1.29, 1.82) is 0 Å². The van der Waals surface area contributed by atoms with Crippen LogP contribution in [0.25, 0.3) is 11.8 Å². The van der Waals surface area contributed by atoms with Crippen LogP contribution < -0.4 is 10.1 Å². The van der Waals surface area contributed by atoms with Crippen molar-refractivity contribution in [3.05, 3.63) is 66.0 Å². The molecule has 0 aliphatic heterocycles. The molecule has 1 heterocycles. The number of nitrogens with zero attached hydrogens (tertiary/aromatic N) is 4. The smallest absolute Gasteiger partial charge is 0.357 e. The van der Waals surface area contributed by atoms with Crippen molar-refractivity contribution in [1.82, 2.24) is 20.2 Å². The van der Waals surface area contributed by atoms with E-state index in [1.807, 2.05) is 30.3 Å². The zero-order chi connectivity index (χ0) is 20.6. The average Bonchev–Trinajstić information content (AvgIpc) is 3.17. The van der Waals surface area contributed by atoms with Crippen LogP contribution in [0.4, 0.5) is 5.69 Å². The van der Waals surface area contributed by atoms with E-state index < -0.39 is 18.5 Å². The quantitative estimate of drug-likeness (QED) is 0.484. The predicted molar refractivity (Wildman–Crippen MR) is 106 cm³/mol. The molecule has 9 nitrogen and oxygen atoms in total. The van der Waals surface area contributed by atoms with E-state index >= 15 is 0 Å². The molecule has 0 unspecified atom stereocenters. The average molecular weight is 393 g/mol. The second-order valence-corrected chi connectivity index (χ2v) is 5.90. The molecule has 2 aromatic carbocycles. The summed E-state index contributed by atoms with van der Waals surface area (Å²) in [7, 11) is 1.50. The zero-order valence-electron chi connectivity index (χ0n) is 15.9. The number of aryl methyl sites for hydroxylation is 1. The highest BCUT2D eigenvalue weighted by Gasteiger charge is 2.19. The summed E-state index contributed by atoms with van der Waals surface area (Å²) in [5.74, 6) is -0.335. The maximum atomic E-state index is 12.7. The van der Waals surface area contributed by atoms with Crippen molar-refractivity contribution in [3.8, 4) is 5.75 Å². The molecule has 0 aliphatic rings. The number of anilines is 1. The van der Waals surface area contributed by atoms with Crippen LogP contribution in [0.2, 0.25) is 0 Å². The first kappa shape index (κ1) is 19.7. The number of nitrogens with one attached hydrogen (secondary N) is 1. The topological polar surface area (TPSA) is 108 Å². The molecule has 1 N–H and O–H groups in total. The van der Waals surface area contributed by atoms with Crippen LogP contribution in [-0.2, 0) is 14.3 Å². The van der Waals surface area contributed by atoms with E-state index in [1.165, 1.54) is 11.8 Å². The van der Waals surface area contributed by atoms with Crippen LogP contribution in [0, 0.1) is 6.92 Å². The second kappa shape index (κ2) is 9.27. The summed E-state index contributed by atoms with van der Waals surface area (Å²) in [4.78, 5) is 24.9. The first-order chi connectivity index (χ1) is 14.1. The van der Waals surface area contributed by atoms with Crippen molar-refractivity contribution in [2.75, 3.05) is 19.0 Å². The largest absolute Gasteiger partial charge is 0.495 e. The number of rotatable bonds is 7. The molecule has 1 aromatic heterocycles. The lowest BCUT2D eigenvalue weighted by Crippen LogP contribution is -2.23. The Hall–Kier alpha value is -4.01. The predicted octanol–water partition coefficient (Wildman–Crippen LogP) is 2.17. The summed E-state index contributed by atoms with van der Waals surface area (Å²) in [6, 6.07) is 16.1. The van der Waals surface area contributed by atoms with E-state index in [0.29, 0.717) is 17.3 Å². The number of benzene rings is 2. The van der Waals surface area contributed by atoms with Crippen LogP contribution in [0.1, 0.15) is 11.4 Å². The molecule has 0 saturated carbocycles. The van der Waals surface area contributed by atoms with Gasteiger partial charge in [0.1, 0.15) is 5.75 Å². The third-order valence-electron chi connectivity index (χ3n) is 3.88. The van der Waals surface area contributed by atoms with Gasteiger partial charge in [-0.05, 0) is 41.1 Å². The Kier molecular flexibility index (Phi) is 6.31. The Morgan fingerprint density at radius 3 is 2.52 bits per heavy atom. The van der Waals surface area contributed by atoms with Gasteiger partial charge in [-0.3, -0.25) is 4.79 Å². The van der Waals surface area contributed by atoms with E-state index in [1.54, 1.807) is 37.3 Å². The number of esters is 1. The van der Waals surface area contributed by atoms with Crippen LogP contribution in [-0.4, -0.2) is 45.8 Å². The maximum Gasteiger partial charge on any atom is 0.357 e. The van der Waals surface area contributed by atoms with Gasteiger partial charge in [-0.1, -0.05) is 42.5 Å². The first-order valence-electron chi connectivity index (χ1n) is 8.70. The van der Waals surface area contributed by atoms with Gasteiger partial charge in [0.25, 0.3) is 5.91 Å². The number of tetrazole rings is 1. The molecule has 0 bridgehead atoms. The number of methoxy groups -OCH3 is 1. The van der Waals surface area contributed by atoms with Gasteiger partial charge in [0, 0.05) is 0 Å². The number of amides is 1. The number of ether oxygens (including phenoxy) is 2. The van der Waals surface area contributed by atoms with Gasteiger partial charge >= 0.3 is 5.97 Å². The molecule has 0 aliphatic carbocycles. The lowest BCUT2D eigenvalue weighted by molar-refractivity contribution is -0.141. The van der Waals surface area contributed by atoms with Crippen molar-refractivity contribution < 1.29 is 19.1 Å². The van der Waals surface area contributed by atoms with Crippen LogP contribution in [0.15, 0.2) is 54.6 Å². The third-order valence-corrected chi connectivity index (χ3v) is 3.88. The number of hydrogen-bond acceptors (Lipinski definition) is 7. The second-order valence-electron chi connectivity index (χ2n) is 5.90. The zero-order valence-corrected chi connectivity index (χ0v) is 15.9. The summed E-state index contributed by atoms with van der Waals surface area (Å²) in [5, 5.41) is 13.8. The summed E-state index contributed by atoms with van der Waals surface area (Å²) >= 11 is 0. The Balaban J connectivity index is 1.73. The molecule has 0 radical (unpaired) electrons. The molecule has 148 valence electrons. The minimum Gasteiger partial charge on any atom is -0.495 e. The van der Waals surface area contributed by atoms with E-state index in [4.69, 9.17) is 9.47 Å². The SMILES string of the molecule is COc1ccccc1NC(=O)COC(=O)/C(=C/c1ccccc1)n1nnnc1C. The van der Waals surface area contributed by atoms with E-state index in [9.17, 15) is 9.59 Å². The van der Waals surface area contributed by atoms with Crippen molar-refractivity contribution in [2.24, 2.45) is 0 Å². The Morgan fingerprint density at radius 1 is 1.10 bits per heavy atom. The highest BCUT2D eigenvalue weighted by molar-refractivity contribution is 6.15. The highest BCUT2D eigenvalue weighted by Crippen LogP contribution is 2.22. The highest BCUT2D eigenvalue weighted by atomic mass is 16.5. The monoisotopic (exact) mass is 393 g/mol. The van der Waals surface area contributed by atoms with E-state index in [-0.39, 0.29) is 5.70 Å². The summed E-state index contributed by atoms with van der Waals surface area (Å²) in [5.41, 5.74) is 1.32. The van der Waals surface area contributed by atoms with Gasteiger partial charge in [-0.2, -0.15) is 4.68 Å². The Bertz CT molecular complexity index is 1030. The third kappa shape index (κ3) is 5.04. The molecule has 0 spiro atoms. The summed E-state index contributed by atoms with van der Waals surface area (Å²) in [6.45, 7) is 1.17. The minimum atomic E-state index is -0.737. The number of carbonyl (C=O) groups is 2. The number of para-hydroxylation sites is 2. The molecule has 0 saturated heterocycles. The van der Waals surface area contributed by atoms with Crippen molar-refractivity contribution in [2.45, 2.75) is 6.92 Å². The Morgan fingerprint density at radius 2 is 1.83 bits per heavy atom. The summed E-state index contributed by atoms with van der Waals surface area (Å²) in [6.07, 6.45) is 1.59. The number of hydrogen-bond donors (Lipinski definition) is 1. The standard InChI is InChI=1S/C20H19N5O4/c1-14-22-23-24-25(14)17(12-15-8-4-3-5-9-15)20(27)29-13-19(26)21-16-10-6-7-11-18(16)28-2/h3-12H,13H2,1-2H3,(H,21,26)/b17-12-. The molecule has 29 heavy (non-hydrogen) atoms. The molecule has 0 fully saturated rings. The van der Waals surface area contributed by atoms with Gasteiger partial charge in [0.05, 0.1) is 12.8 Å². The van der Waals surface area contributed by atoms with Gasteiger partial charge in [-0.25, -0.2) is 4.79 Å². The fourth-order valence-electron chi connectivity index (χ4n) is 2.51. The van der Waals surface area contributed by atoms with Crippen LogP contribution in [0.5, 0.6) is 5.75 Å². The number of aromatic nitrogens is 4. The minimum absolute atomic E-state index is 0.0868. The molecule has 3 aromatic rings. The van der Waals surface area contributed by atoms with Gasteiger partial charge in [0.2, 0.25) is 0 Å². The molecule has 9 heteroatoms. The molecule has 3 rings (SSSR count). The van der Waals surface area contributed by atoms with E-state index in [0.717, 1.165) is 5.56 Å². The van der Waals surface area contributed by atoms with Crippen molar-refractivity contribution in [3.63, 3.8) is 0 Å². The lowest BCUT2D eigenvalue weighted by Gasteiger charge is -2.11. The molecular formula is C20H19N5O4. The first-order valence-corrected chi connectivity index (χ1v) is 8.70. The molecule has 1 amide bonds. The summed E-state index contributed by atoms with van der Waals surface area (Å²) < 4.78 is 11.6. The van der Waals surface area contributed by atoms with E-state index in [2.05, 4.69) is 20.8 Å². The van der Waals surface area contributed by atoms with Gasteiger partial charge in [-0.15, -0.1) is 5.10 Å². The lowest BCUT2D eigenvalue weighted by atomic mass is 10.2. The maximum absolute atomic E-state index is 12.7. The molecular weight excluding hydrogens is 374 g/mol. The van der Waals surface area contributed by atoms with Crippen LogP contribution in [0.3, 0.4) is 0 Å². The Labute approximate surface area is 166 Å². The van der Waals surface area contributed by atoms with Gasteiger partial charge < -0.3 is 14.8 Å². The van der Waals surface area contributed by atoms with Crippen molar-refractivity contribution >= 4 is 29.3 Å². The van der Waals surface area contributed by atoms with Gasteiger partial charge in [0.15, 0.2) is 18.1 Å². The fraction of sp³-hybridized carbons (Fsp3) is 0.150. The number of carbonyl (C=O) groups excluding carboxylic acids is 2. The normalized spacial score (nSPS) is 11.0. The van der Waals surface area contributed by atoms with Crippen LogP contribution >= 0.6 is 0 Å². The fourth-order valence-corrected chi connectivity index (χ4v) is 2.51.